The van der Waals surface area contributed by atoms with E-state index >= 15 is 0 Å². The van der Waals surface area contributed by atoms with Crippen LogP contribution in [0.1, 0.15) is 0 Å². The summed E-state index contributed by atoms with van der Waals surface area (Å²) in [6, 6.07) is -0.330. The Bertz CT molecular complexity index is 360. The fourth-order valence-corrected chi connectivity index (χ4v) is 2.23. The first-order chi connectivity index (χ1) is 8.70. The molecule has 2 unspecified atom stereocenters. The number of aliphatic hydroxyl groups excluding tert-OH is 1. The number of aliphatic hydroxyl groups is 1. The van der Waals surface area contributed by atoms with Crippen LogP contribution in [0.25, 0.3) is 0 Å². The monoisotopic (exact) mass is 293 g/mol. The molecule has 1 fully saturated rings. The van der Waals surface area contributed by atoms with Gasteiger partial charge in [0.15, 0.2) is 0 Å². The van der Waals surface area contributed by atoms with Crippen LogP contribution in [-0.4, -0.2) is 79.2 Å². The highest BCUT2D eigenvalue weighted by Gasteiger charge is 2.40. The van der Waals surface area contributed by atoms with Crippen LogP contribution in [0, 0.1) is 0 Å². The van der Waals surface area contributed by atoms with Crippen LogP contribution in [0.2, 0.25) is 0 Å². The van der Waals surface area contributed by atoms with Gasteiger partial charge in [-0.05, 0) is 20.2 Å². The SMILES string of the molecule is B[C@@H]1O[C@H](/C=C/P(=O)(O)O)C(O)C1OCCN(C)C. The number of likely N-dealkylation sites (N-methyl/N-ethyl adjacent to an activating group) is 1. The zero-order valence-corrected chi connectivity index (χ0v) is 12.2. The van der Waals surface area contributed by atoms with Gasteiger partial charge < -0.3 is 29.3 Å². The van der Waals surface area contributed by atoms with Gasteiger partial charge in [-0.25, -0.2) is 0 Å². The number of ether oxygens (including phenoxy) is 2. The quantitative estimate of drug-likeness (QED) is 0.398. The molecule has 4 atom stereocenters. The van der Waals surface area contributed by atoms with Gasteiger partial charge in [-0.15, -0.1) is 0 Å². The topological polar surface area (TPSA) is 99.5 Å². The molecule has 0 bridgehead atoms. The van der Waals surface area contributed by atoms with Crippen LogP contribution >= 0.6 is 7.60 Å². The lowest BCUT2D eigenvalue weighted by atomic mass is 9.93. The van der Waals surface area contributed by atoms with Crippen LogP contribution in [-0.2, 0) is 14.0 Å². The van der Waals surface area contributed by atoms with Gasteiger partial charge in [0.1, 0.15) is 26.2 Å². The van der Waals surface area contributed by atoms with E-state index in [9.17, 15) is 9.67 Å². The minimum Gasteiger partial charge on any atom is -0.387 e. The molecule has 0 spiro atoms. The van der Waals surface area contributed by atoms with Crippen molar-refractivity contribution in [3.8, 4) is 0 Å². The third-order valence-electron chi connectivity index (χ3n) is 2.83. The Morgan fingerprint density at radius 3 is 2.63 bits per heavy atom. The fourth-order valence-electron chi connectivity index (χ4n) is 1.83. The Labute approximate surface area is 113 Å². The standard InChI is InChI=1S/C10H21BNO6P/c1-12(2)4-5-17-9-8(13)7(18-10(9)11)3-6-19(14,15)16/h3,6-10,13H,4-5,11H2,1-2H3,(H2,14,15,16)/b6-3+/t7-,8?,9?,10-/m1/s1. The van der Waals surface area contributed by atoms with E-state index in [2.05, 4.69) is 0 Å². The molecule has 9 heteroatoms. The average Bonchev–Trinajstić information content (AvgIpc) is 2.52. The van der Waals surface area contributed by atoms with Gasteiger partial charge >= 0.3 is 7.60 Å². The van der Waals surface area contributed by atoms with E-state index in [1.165, 1.54) is 6.08 Å². The van der Waals surface area contributed by atoms with Crippen molar-refractivity contribution in [2.45, 2.75) is 24.3 Å². The van der Waals surface area contributed by atoms with Crippen molar-refractivity contribution in [1.82, 2.24) is 4.90 Å². The third kappa shape index (κ3) is 5.75. The summed E-state index contributed by atoms with van der Waals surface area (Å²) < 4.78 is 21.7. The van der Waals surface area contributed by atoms with E-state index in [4.69, 9.17) is 19.3 Å². The fraction of sp³-hybridized carbons (Fsp3) is 0.800. The lowest BCUT2D eigenvalue weighted by molar-refractivity contribution is -0.0234. The van der Waals surface area contributed by atoms with Gasteiger partial charge in [0.25, 0.3) is 0 Å². The second kappa shape index (κ2) is 6.99. The smallest absolute Gasteiger partial charge is 0.348 e. The van der Waals surface area contributed by atoms with E-state index in [0.29, 0.717) is 6.61 Å². The zero-order valence-electron chi connectivity index (χ0n) is 11.3. The van der Waals surface area contributed by atoms with Gasteiger partial charge in [0, 0.05) is 12.4 Å². The summed E-state index contributed by atoms with van der Waals surface area (Å²) in [7, 11) is 1.35. The molecule has 0 aliphatic carbocycles. The van der Waals surface area contributed by atoms with Gasteiger partial charge in [-0.2, -0.15) is 0 Å². The first-order valence-electron chi connectivity index (χ1n) is 6.05. The summed E-state index contributed by atoms with van der Waals surface area (Å²) in [6.45, 7) is 1.18. The molecule has 0 aromatic heterocycles. The van der Waals surface area contributed by atoms with Crippen molar-refractivity contribution in [2.75, 3.05) is 27.2 Å². The van der Waals surface area contributed by atoms with Gasteiger partial charge in [-0.3, -0.25) is 4.57 Å². The number of rotatable bonds is 6. The molecule has 1 saturated heterocycles. The van der Waals surface area contributed by atoms with Gasteiger partial charge in [-0.1, -0.05) is 0 Å². The van der Waals surface area contributed by atoms with Gasteiger partial charge in [0.05, 0.1) is 12.6 Å². The van der Waals surface area contributed by atoms with Crippen LogP contribution < -0.4 is 0 Å². The minimum atomic E-state index is -4.24. The maximum absolute atomic E-state index is 10.7. The molecular formula is C10H21BNO6P. The van der Waals surface area contributed by atoms with Crippen molar-refractivity contribution in [2.24, 2.45) is 0 Å². The minimum absolute atomic E-state index is 0.330. The number of hydrogen-bond donors (Lipinski definition) is 3. The van der Waals surface area contributed by atoms with Crippen LogP contribution in [0.3, 0.4) is 0 Å². The van der Waals surface area contributed by atoms with Crippen LogP contribution in [0.5, 0.6) is 0 Å². The summed E-state index contributed by atoms with van der Waals surface area (Å²) in [6.07, 6.45) is -0.990. The Hall–Kier alpha value is -0.205. The summed E-state index contributed by atoms with van der Waals surface area (Å²) in [5.74, 6) is 0.746. The molecule has 1 aliphatic rings. The zero-order chi connectivity index (χ0) is 14.6. The Balaban J connectivity index is 2.53. The number of hydrogen-bond acceptors (Lipinski definition) is 5. The second-order valence-electron chi connectivity index (χ2n) is 4.87. The summed E-state index contributed by atoms with van der Waals surface area (Å²) in [4.78, 5) is 19.5. The molecule has 19 heavy (non-hydrogen) atoms. The van der Waals surface area contributed by atoms with E-state index in [0.717, 1.165) is 12.4 Å². The maximum Gasteiger partial charge on any atom is 0.348 e. The molecular weight excluding hydrogens is 272 g/mol. The Kier molecular flexibility index (Phi) is 6.20. The summed E-state index contributed by atoms with van der Waals surface area (Å²) in [5.41, 5.74) is 0. The van der Waals surface area contributed by atoms with Crippen molar-refractivity contribution in [3.63, 3.8) is 0 Å². The lowest BCUT2D eigenvalue weighted by Gasteiger charge is -2.19. The van der Waals surface area contributed by atoms with Gasteiger partial charge in [0.2, 0.25) is 0 Å². The molecule has 1 aliphatic heterocycles. The highest BCUT2D eigenvalue weighted by Crippen LogP contribution is 2.37. The van der Waals surface area contributed by atoms with Crippen LogP contribution in [0.15, 0.2) is 11.9 Å². The molecule has 0 aromatic rings. The molecule has 1 rings (SSSR count). The highest BCUT2D eigenvalue weighted by atomic mass is 31.2. The highest BCUT2D eigenvalue weighted by molar-refractivity contribution is 7.55. The molecule has 0 amide bonds. The van der Waals surface area contributed by atoms with Crippen molar-refractivity contribution in [3.05, 3.63) is 11.9 Å². The molecule has 3 N–H and O–H groups in total. The van der Waals surface area contributed by atoms with E-state index in [1.807, 2.05) is 19.0 Å². The molecule has 1 heterocycles. The van der Waals surface area contributed by atoms with E-state index in [-0.39, 0.29) is 6.00 Å². The molecule has 0 aromatic carbocycles. The van der Waals surface area contributed by atoms with Crippen LogP contribution in [0.4, 0.5) is 0 Å². The number of nitrogens with zero attached hydrogens (tertiary/aromatic N) is 1. The first-order valence-corrected chi connectivity index (χ1v) is 7.73. The molecule has 110 valence electrons. The van der Waals surface area contributed by atoms with E-state index < -0.39 is 25.9 Å². The Morgan fingerprint density at radius 1 is 1.47 bits per heavy atom. The second-order valence-corrected chi connectivity index (χ2v) is 6.34. The van der Waals surface area contributed by atoms with Crippen molar-refractivity contribution < 1.29 is 28.9 Å². The molecule has 7 nitrogen and oxygen atoms in total. The predicted octanol–water partition coefficient (Wildman–Crippen LogP) is -1.66. The predicted molar refractivity (Wildman–Crippen MR) is 72.7 cm³/mol. The molecule has 0 saturated carbocycles. The maximum atomic E-state index is 10.7. The third-order valence-corrected chi connectivity index (χ3v) is 3.39. The van der Waals surface area contributed by atoms with E-state index in [1.54, 1.807) is 7.85 Å². The van der Waals surface area contributed by atoms with Crippen molar-refractivity contribution in [1.29, 1.82) is 0 Å². The lowest BCUT2D eigenvalue weighted by Crippen LogP contribution is -2.36. The summed E-state index contributed by atoms with van der Waals surface area (Å²) in [5, 5.41) is 10.0. The van der Waals surface area contributed by atoms with Crippen molar-refractivity contribution >= 4 is 15.4 Å². The Morgan fingerprint density at radius 2 is 2.11 bits per heavy atom. The molecule has 0 radical (unpaired) electrons. The largest absolute Gasteiger partial charge is 0.387 e. The summed E-state index contributed by atoms with van der Waals surface area (Å²) >= 11 is 0. The first kappa shape index (κ1) is 16.8. The average molecular weight is 293 g/mol. The normalized spacial score (nSPS) is 32.5.